The molecule has 19 heavy (non-hydrogen) atoms. The monoisotopic (exact) mass is 262 g/mol. The van der Waals surface area contributed by atoms with Crippen LogP contribution in [0, 0.1) is 0 Å². The summed E-state index contributed by atoms with van der Waals surface area (Å²) in [5.74, 6) is 1.08. The number of hydrogen-bond acceptors (Lipinski definition) is 3. The summed E-state index contributed by atoms with van der Waals surface area (Å²) in [6, 6.07) is 6.99. The SMILES string of the molecule is CCCNC1CCc2c(OCCN(C)C)cccc21. The fourth-order valence-electron chi connectivity index (χ4n) is 2.62. The van der Waals surface area contributed by atoms with Crippen LogP contribution in [0.1, 0.15) is 36.9 Å². The van der Waals surface area contributed by atoms with E-state index < -0.39 is 0 Å². The van der Waals surface area contributed by atoms with E-state index in [-0.39, 0.29) is 0 Å². The van der Waals surface area contributed by atoms with Crippen LogP contribution in [-0.2, 0) is 6.42 Å². The van der Waals surface area contributed by atoms with E-state index in [1.165, 1.54) is 24.0 Å². The molecule has 2 rings (SSSR count). The van der Waals surface area contributed by atoms with E-state index in [1.54, 1.807) is 0 Å². The lowest BCUT2D eigenvalue weighted by Gasteiger charge is -2.16. The third-order valence-electron chi connectivity index (χ3n) is 3.66. The summed E-state index contributed by atoms with van der Waals surface area (Å²) < 4.78 is 5.94. The minimum Gasteiger partial charge on any atom is -0.492 e. The Morgan fingerprint density at radius 1 is 1.37 bits per heavy atom. The molecule has 1 aromatic rings. The second-order valence-corrected chi connectivity index (χ2v) is 5.52. The summed E-state index contributed by atoms with van der Waals surface area (Å²) >= 11 is 0. The molecule has 1 aliphatic rings. The first-order valence-electron chi connectivity index (χ1n) is 7.35. The minimum atomic E-state index is 0.521. The van der Waals surface area contributed by atoms with Crippen molar-refractivity contribution in [3.05, 3.63) is 29.3 Å². The Kier molecular flexibility index (Phi) is 5.23. The van der Waals surface area contributed by atoms with Gasteiger partial charge in [-0.25, -0.2) is 0 Å². The molecule has 1 aliphatic carbocycles. The van der Waals surface area contributed by atoms with Gasteiger partial charge in [0.2, 0.25) is 0 Å². The Bertz CT molecular complexity index is 404. The van der Waals surface area contributed by atoms with Gasteiger partial charge in [-0.2, -0.15) is 0 Å². The van der Waals surface area contributed by atoms with Gasteiger partial charge in [0.1, 0.15) is 12.4 Å². The van der Waals surface area contributed by atoms with Crippen LogP contribution in [0.15, 0.2) is 18.2 Å². The van der Waals surface area contributed by atoms with Crippen LogP contribution in [0.3, 0.4) is 0 Å². The predicted molar refractivity (Wildman–Crippen MR) is 79.8 cm³/mol. The summed E-state index contributed by atoms with van der Waals surface area (Å²) in [6.45, 7) is 5.02. The highest BCUT2D eigenvalue weighted by Gasteiger charge is 2.24. The van der Waals surface area contributed by atoms with E-state index in [0.29, 0.717) is 6.04 Å². The van der Waals surface area contributed by atoms with Gasteiger partial charge in [0.05, 0.1) is 0 Å². The van der Waals surface area contributed by atoms with Crippen molar-refractivity contribution in [1.82, 2.24) is 10.2 Å². The minimum absolute atomic E-state index is 0.521. The van der Waals surface area contributed by atoms with Gasteiger partial charge in [-0.05, 0) is 57.1 Å². The Labute approximate surface area is 116 Å². The third-order valence-corrected chi connectivity index (χ3v) is 3.66. The quantitative estimate of drug-likeness (QED) is 0.817. The first-order valence-corrected chi connectivity index (χ1v) is 7.35. The molecule has 0 fully saturated rings. The zero-order chi connectivity index (χ0) is 13.7. The van der Waals surface area contributed by atoms with Crippen LogP contribution in [-0.4, -0.2) is 38.7 Å². The molecule has 0 saturated heterocycles. The molecule has 1 unspecified atom stereocenters. The van der Waals surface area contributed by atoms with Crippen molar-refractivity contribution in [2.45, 2.75) is 32.2 Å². The molecule has 0 aliphatic heterocycles. The maximum Gasteiger partial charge on any atom is 0.122 e. The number of benzene rings is 1. The van der Waals surface area contributed by atoms with E-state index in [0.717, 1.165) is 31.9 Å². The van der Waals surface area contributed by atoms with Gasteiger partial charge in [-0.3, -0.25) is 0 Å². The fraction of sp³-hybridized carbons (Fsp3) is 0.625. The highest BCUT2D eigenvalue weighted by atomic mass is 16.5. The highest BCUT2D eigenvalue weighted by molar-refractivity contribution is 5.45. The van der Waals surface area contributed by atoms with Gasteiger partial charge >= 0.3 is 0 Å². The summed E-state index contributed by atoms with van der Waals surface area (Å²) in [7, 11) is 4.15. The van der Waals surface area contributed by atoms with Crippen molar-refractivity contribution in [2.75, 3.05) is 33.8 Å². The first kappa shape index (κ1) is 14.4. The van der Waals surface area contributed by atoms with Crippen LogP contribution >= 0.6 is 0 Å². The Balaban J connectivity index is 2.01. The van der Waals surface area contributed by atoms with Crippen LogP contribution in [0.25, 0.3) is 0 Å². The Morgan fingerprint density at radius 3 is 2.95 bits per heavy atom. The molecule has 3 heteroatoms. The summed E-state index contributed by atoms with van der Waals surface area (Å²) in [5, 5.41) is 3.63. The second-order valence-electron chi connectivity index (χ2n) is 5.52. The summed E-state index contributed by atoms with van der Waals surface area (Å²) in [5.41, 5.74) is 2.85. The van der Waals surface area contributed by atoms with Crippen LogP contribution in [0.5, 0.6) is 5.75 Å². The number of nitrogens with one attached hydrogen (secondary N) is 1. The average Bonchev–Trinajstić information content (AvgIpc) is 2.80. The van der Waals surface area contributed by atoms with Gasteiger partial charge in [-0.15, -0.1) is 0 Å². The number of likely N-dealkylation sites (N-methyl/N-ethyl adjacent to an activating group) is 1. The molecule has 1 aromatic carbocycles. The van der Waals surface area contributed by atoms with Crippen molar-refractivity contribution in [1.29, 1.82) is 0 Å². The maximum atomic E-state index is 5.94. The summed E-state index contributed by atoms with van der Waals surface area (Å²) in [4.78, 5) is 2.15. The molecule has 0 amide bonds. The maximum absolute atomic E-state index is 5.94. The lowest BCUT2D eigenvalue weighted by molar-refractivity contribution is 0.259. The van der Waals surface area contributed by atoms with Gasteiger partial charge in [0.15, 0.2) is 0 Å². The fourth-order valence-corrected chi connectivity index (χ4v) is 2.62. The Hall–Kier alpha value is -1.06. The lowest BCUT2D eigenvalue weighted by atomic mass is 10.1. The van der Waals surface area contributed by atoms with E-state index in [9.17, 15) is 0 Å². The van der Waals surface area contributed by atoms with Crippen LogP contribution in [0.4, 0.5) is 0 Å². The van der Waals surface area contributed by atoms with E-state index in [4.69, 9.17) is 4.74 Å². The molecular formula is C16H26N2O. The van der Waals surface area contributed by atoms with Crippen molar-refractivity contribution >= 4 is 0 Å². The number of rotatable bonds is 7. The highest BCUT2D eigenvalue weighted by Crippen LogP contribution is 2.36. The standard InChI is InChI=1S/C16H26N2O/c1-4-10-17-15-9-8-14-13(15)6-5-7-16(14)19-12-11-18(2)3/h5-7,15,17H,4,8-12H2,1-3H3. The Morgan fingerprint density at radius 2 is 2.21 bits per heavy atom. The average molecular weight is 262 g/mol. The number of ether oxygens (including phenoxy) is 1. The molecule has 1 atom stereocenters. The van der Waals surface area contributed by atoms with Crippen LogP contribution < -0.4 is 10.1 Å². The first-order chi connectivity index (χ1) is 9.22. The largest absolute Gasteiger partial charge is 0.492 e. The van der Waals surface area contributed by atoms with Gasteiger partial charge in [-0.1, -0.05) is 19.1 Å². The number of fused-ring (bicyclic) bond motifs is 1. The van der Waals surface area contributed by atoms with Gasteiger partial charge in [0.25, 0.3) is 0 Å². The smallest absolute Gasteiger partial charge is 0.122 e. The second kappa shape index (κ2) is 6.92. The zero-order valence-corrected chi connectivity index (χ0v) is 12.4. The predicted octanol–water partition coefficient (Wildman–Crippen LogP) is 2.61. The molecule has 0 spiro atoms. The molecule has 0 heterocycles. The molecule has 0 radical (unpaired) electrons. The topological polar surface area (TPSA) is 24.5 Å². The molecule has 0 aromatic heterocycles. The van der Waals surface area contributed by atoms with Crippen LogP contribution in [0.2, 0.25) is 0 Å². The van der Waals surface area contributed by atoms with Crippen molar-refractivity contribution < 1.29 is 4.74 Å². The van der Waals surface area contributed by atoms with Gasteiger partial charge < -0.3 is 15.0 Å². The molecule has 0 bridgehead atoms. The van der Waals surface area contributed by atoms with E-state index in [2.05, 4.69) is 49.4 Å². The number of hydrogen-bond donors (Lipinski definition) is 1. The normalized spacial score (nSPS) is 17.8. The molecule has 3 nitrogen and oxygen atoms in total. The molecule has 0 saturated carbocycles. The zero-order valence-electron chi connectivity index (χ0n) is 12.4. The molecule has 106 valence electrons. The third kappa shape index (κ3) is 3.71. The van der Waals surface area contributed by atoms with E-state index in [1.807, 2.05) is 0 Å². The summed E-state index contributed by atoms with van der Waals surface area (Å²) in [6.07, 6.45) is 3.52. The molecular weight excluding hydrogens is 236 g/mol. The lowest BCUT2D eigenvalue weighted by Crippen LogP contribution is -2.20. The molecule has 1 N–H and O–H groups in total. The van der Waals surface area contributed by atoms with Crippen molar-refractivity contribution in [3.63, 3.8) is 0 Å². The van der Waals surface area contributed by atoms with E-state index >= 15 is 0 Å². The number of nitrogens with zero attached hydrogens (tertiary/aromatic N) is 1. The van der Waals surface area contributed by atoms with Crippen molar-refractivity contribution in [3.8, 4) is 5.75 Å². The van der Waals surface area contributed by atoms with Crippen molar-refractivity contribution in [2.24, 2.45) is 0 Å². The van der Waals surface area contributed by atoms with Gasteiger partial charge in [0, 0.05) is 12.6 Å².